The quantitative estimate of drug-likeness (QED) is 0.343. The molecule has 1 atom stereocenters. The molecule has 2 aromatic rings. The monoisotopic (exact) mass is 303 g/mol. The fourth-order valence-electron chi connectivity index (χ4n) is 2.06. The molecule has 1 unspecified atom stereocenters. The van der Waals surface area contributed by atoms with E-state index in [0.717, 1.165) is 16.1 Å². The molecule has 0 bridgehead atoms. The van der Waals surface area contributed by atoms with Crippen LogP contribution in [0.5, 0.6) is 0 Å². The Hall–Kier alpha value is -2.04. The highest BCUT2D eigenvalue weighted by molar-refractivity contribution is 6.31. The number of hydrogen-bond acceptors (Lipinski definition) is 3. The van der Waals surface area contributed by atoms with Crippen LogP contribution in [0.25, 0.3) is 0 Å². The van der Waals surface area contributed by atoms with Crippen LogP contribution in [-0.2, 0) is 6.54 Å². The first kappa shape index (κ1) is 15.4. The molecule has 2 aromatic carbocycles. The van der Waals surface area contributed by atoms with E-state index < -0.39 is 0 Å². The van der Waals surface area contributed by atoms with Crippen molar-refractivity contribution in [2.45, 2.75) is 19.5 Å². The SMILES string of the molecule is CC(NCc1ccc(C(N)=NO)cc1)c1ccccc1Cl. The number of amidine groups is 1. The molecule has 0 amide bonds. The van der Waals surface area contributed by atoms with Crippen LogP contribution in [0.4, 0.5) is 0 Å². The molecule has 0 aromatic heterocycles. The number of oxime groups is 1. The first-order valence-electron chi connectivity index (χ1n) is 6.66. The number of benzene rings is 2. The zero-order valence-electron chi connectivity index (χ0n) is 11.8. The molecule has 5 heteroatoms. The van der Waals surface area contributed by atoms with E-state index in [1.54, 1.807) is 0 Å². The number of nitrogens with two attached hydrogens (primary N) is 1. The maximum absolute atomic E-state index is 8.62. The second-order valence-electron chi connectivity index (χ2n) is 4.81. The van der Waals surface area contributed by atoms with Crippen LogP contribution < -0.4 is 11.1 Å². The van der Waals surface area contributed by atoms with Gasteiger partial charge in [0.2, 0.25) is 0 Å². The van der Waals surface area contributed by atoms with Gasteiger partial charge in [0.25, 0.3) is 0 Å². The average Bonchev–Trinajstić information content (AvgIpc) is 2.52. The number of rotatable bonds is 5. The summed E-state index contributed by atoms with van der Waals surface area (Å²) < 4.78 is 0. The van der Waals surface area contributed by atoms with Gasteiger partial charge in [-0.1, -0.05) is 59.2 Å². The summed E-state index contributed by atoms with van der Waals surface area (Å²) in [5, 5.41) is 15.8. The summed E-state index contributed by atoms with van der Waals surface area (Å²) in [4.78, 5) is 0. The molecular formula is C16H18ClN3O. The Bertz CT molecular complexity index is 626. The van der Waals surface area contributed by atoms with Gasteiger partial charge in [0.05, 0.1) is 0 Å². The largest absolute Gasteiger partial charge is 0.409 e. The van der Waals surface area contributed by atoms with E-state index >= 15 is 0 Å². The van der Waals surface area contributed by atoms with Crippen molar-refractivity contribution in [3.8, 4) is 0 Å². The van der Waals surface area contributed by atoms with Gasteiger partial charge in [-0.15, -0.1) is 0 Å². The van der Waals surface area contributed by atoms with Crippen molar-refractivity contribution in [2.75, 3.05) is 0 Å². The van der Waals surface area contributed by atoms with Crippen LogP contribution in [-0.4, -0.2) is 11.0 Å². The van der Waals surface area contributed by atoms with Gasteiger partial charge in [0.1, 0.15) is 0 Å². The van der Waals surface area contributed by atoms with Gasteiger partial charge < -0.3 is 16.3 Å². The lowest BCUT2D eigenvalue weighted by Gasteiger charge is -2.15. The molecule has 0 heterocycles. The first-order valence-corrected chi connectivity index (χ1v) is 7.04. The number of nitrogens with zero attached hydrogens (tertiary/aromatic N) is 1. The lowest BCUT2D eigenvalue weighted by Crippen LogP contribution is -2.18. The molecular weight excluding hydrogens is 286 g/mol. The molecule has 4 nitrogen and oxygen atoms in total. The van der Waals surface area contributed by atoms with Gasteiger partial charge in [-0.25, -0.2) is 0 Å². The standard InChI is InChI=1S/C16H18ClN3O/c1-11(14-4-2-3-5-15(14)17)19-10-12-6-8-13(9-7-12)16(18)20-21/h2-9,11,19,21H,10H2,1H3,(H2,18,20). The highest BCUT2D eigenvalue weighted by Crippen LogP contribution is 2.22. The van der Waals surface area contributed by atoms with Crippen LogP contribution in [0, 0.1) is 0 Å². The van der Waals surface area contributed by atoms with Crippen molar-refractivity contribution in [1.29, 1.82) is 0 Å². The molecule has 0 saturated carbocycles. The summed E-state index contributed by atoms with van der Waals surface area (Å²) in [5.74, 6) is 0.110. The summed E-state index contributed by atoms with van der Waals surface area (Å²) in [6.07, 6.45) is 0. The normalized spacial score (nSPS) is 13.1. The Morgan fingerprint density at radius 1 is 1.24 bits per heavy atom. The molecule has 0 aliphatic heterocycles. The Morgan fingerprint density at radius 3 is 2.52 bits per heavy atom. The smallest absolute Gasteiger partial charge is 0.170 e. The fraction of sp³-hybridized carbons (Fsp3) is 0.188. The third-order valence-corrected chi connectivity index (χ3v) is 3.69. The van der Waals surface area contributed by atoms with Crippen LogP contribution in [0.2, 0.25) is 5.02 Å². The van der Waals surface area contributed by atoms with Crippen LogP contribution in [0.3, 0.4) is 0 Å². The average molecular weight is 304 g/mol. The van der Waals surface area contributed by atoms with Crippen molar-refractivity contribution >= 4 is 17.4 Å². The van der Waals surface area contributed by atoms with E-state index in [-0.39, 0.29) is 11.9 Å². The highest BCUT2D eigenvalue weighted by Gasteiger charge is 2.08. The van der Waals surface area contributed by atoms with Gasteiger partial charge in [0, 0.05) is 23.2 Å². The Labute approximate surface area is 129 Å². The molecule has 0 spiro atoms. The van der Waals surface area contributed by atoms with Crippen molar-refractivity contribution in [1.82, 2.24) is 5.32 Å². The van der Waals surface area contributed by atoms with E-state index in [4.69, 9.17) is 22.5 Å². The summed E-state index contributed by atoms with van der Waals surface area (Å²) in [7, 11) is 0. The molecule has 0 radical (unpaired) electrons. The van der Waals surface area contributed by atoms with Crippen LogP contribution in [0.1, 0.15) is 29.7 Å². The van der Waals surface area contributed by atoms with Gasteiger partial charge in [0.15, 0.2) is 5.84 Å². The fourth-order valence-corrected chi connectivity index (χ4v) is 2.36. The molecule has 0 fully saturated rings. The second kappa shape index (κ2) is 7.11. The second-order valence-corrected chi connectivity index (χ2v) is 5.21. The van der Waals surface area contributed by atoms with E-state index in [2.05, 4.69) is 17.4 Å². The van der Waals surface area contributed by atoms with Crippen molar-refractivity contribution < 1.29 is 5.21 Å². The molecule has 0 saturated heterocycles. The molecule has 0 aliphatic rings. The Morgan fingerprint density at radius 2 is 1.90 bits per heavy atom. The number of hydrogen-bond donors (Lipinski definition) is 3. The maximum atomic E-state index is 8.62. The van der Waals surface area contributed by atoms with Crippen LogP contribution in [0.15, 0.2) is 53.7 Å². The maximum Gasteiger partial charge on any atom is 0.170 e. The minimum absolute atomic E-state index is 0.110. The van der Waals surface area contributed by atoms with Gasteiger partial charge in [-0.05, 0) is 24.1 Å². The molecule has 110 valence electrons. The third-order valence-electron chi connectivity index (χ3n) is 3.34. The first-order chi connectivity index (χ1) is 10.1. The van der Waals surface area contributed by atoms with Crippen molar-refractivity contribution in [3.63, 3.8) is 0 Å². The van der Waals surface area contributed by atoms with Crippen molar-refractivity contribution in [3.05, 3.63) is 70.2 Å². The van der Waals surface area contributed by atoms with E-state index in [0.29, 0.717) is 12.1 Å². The topological polar surface area (TPSA) is 70.6 Å². The van der Waals surface area contributed by atoms with Gasteiger partial charge in [-0.3, -0.25) is 0 Å². The summed E-state index contributed by atoms with van der Waals surface area (Å²) in [6.45, 7) is 2.79. The number of nitrogens with one attached hydrogen (secondary N) is 1. The van der Waals surface area contributed by atoms with Crippen molar-refractivity contribution in [2.24, 2.45) is 10.9 Å². The molecule has 4 N–H and O–H groups in total. The van der Waals surface area contributed by atoms with Gasteiger partial charge in [-0.2, -0.15) is 0 Å². The zero-order valence-corrected chi connectivity index (χ0v) is 12.5. The van der Waals surface area contributed by atoms with E-state index in [1.807, 2.05) is 48.5 Å². The minimum atomic E-state index is 0.110. The lowest BCUT2D eigenvalue weighted by molar-refractivity contribution is 0.318. The summed E-state index contributed by atoms with van der Waals surface area (Å²) in [6, 6.07) is 15.5. The zero-order chi connectivity index (χ0) is 15.2. The molecule has 21 heavy (non-hydrogen) atoms. The predicted octanol–water partition coefficient (Wildman–Crippen LogP) is 3.29. The number of halogens is 1. The van der Waals surface area contributed by atoms with Crippen LogP contribution >= 0.6 is 11.6 Å². The minimum Gasteiger partial charge on any atom is -0.409 e. The summed E-state index contributed by atoms with van der Waals surface area (Å²) >= 11 is 6.18. The van der Waals surface area contributed by atoms with Gasteiger partial charge >= 0.3 is 0 Å². The van der Waals surface area contributed by atoms with E-state index in [9.17, 15) is 0 Å². The molecule has 0 aliphatic carbocycles. The summed E-state index contributed by atoms with van der Waals surface area (Å²) in [5.41, 5.74) is 8.41. The predicted molar refractivity (Wildman–Crippen MR) is 85.7 cm³/mol. The van der Waals surface area contributed by atoms with E-state index in [1.165, 1.54) is 0 Å². The Balaban J connectivity index is 1.98. The highest BCUT2D eigenvalue weighted by atomic mass is 35.5. The third kappa shape index (κ3) is 3.97. The lowest BCUT2D eigenvalue weighted by atomic mass is 10.1. The Kier molecular flexibility index (Phi) is 5.20. The molecule has 2 rings (SSSR count).